The van der Waals surface area contributed by atoms with Gasteiger partial charge in [0.1, 0.15) is 15.5 Å². The normalized spacial score (nSPS) is 11.8. The van der Waals surface area contributed by atoms with Crippen molar-refractivity contribution in [3.05, 3.63) is 84.9 Å². The first kappa shape index (κ1) is 17.4. The van der Waals surface area contributed by atoms with Gasteiger partial charge in [0.15, 0.2) is 0 Å². The lowest BCUT2D eigenvalue weighted by molar-refractivity contribution is 0.0701. The van der Waals surface area contributed by atoms with Crippen LogP contribution in [-0.2, 0) is 0 Å². The van der Waals surface area contributed by atoms with Crippen LogP contribution in [0.2, 0.25) is 0 Å². The minimum Gasteiger partial charge on any atom is -0.477 e. The van der Waals surface area contributed by atoms with Gasteiger partial charge < -0.3 is 10.1 Å². The van der Waals surface area contributed by atoms with Crippen LogP contribution in [0.15, 0.2) is 52.0 Å². The van der Waals surface area contributed by atoms with Gasteiger partial charge in [-0.15, -0.1) is 11.3 Å². The molecule has 1 aromatic carbocycles. The number of nitrogens with one attached hydrogen (secondary N) is 1. The first-order valence-electron chi connectivity index (χ1n) is 8.11. The maximum atomic E-state index is 12.7. The van der Waals surface area contributed by atoms with Crippen molar-refractivity contribution in [2.24, 2.45) is 0 Å². The Hall–Kier alpha value is -3.03. The van der Waals surface area contributed by atoms with Gasteiger partial charge in [0.05, 0.1) is 5.39 Å². The third-order valence-corrected chi connectivity index (χ3v) is 6.06. The molecule has 27 heavy (non-hydrogen) atoms. The highest BCUT2D eigenvalue weighted by molar-refractivity contribution is 7.20. The second kappa shape index (κ2) is 6.94. The second-order valence-electron chi connectivity index (χ2n) is 5.94. The molecule has 3 heterocycles. The minimum absolute atomic E-state index is 0.142. The Balaban J connectivity index is 1.97. The molecule has 0 radical (unpaired) electrons. The van der Waals surface area contributed by atoms with E-state index >= 15 is 0 Å². The Kier molecular flexibility index (Phi) is 4.47. The topological polar surface area (TPSA) is 83.0 Å². The molecule has 4 rings (SSSR count). The molecule has 0 saturated heterocycles. The second-order valence-corrected chi connectivity index (χ2v) is 7.72. The van der Waals surface area contributed by atoms with E-state index < -0.39 is 5.97 Å². The zero-order valence-electron chi connectivity index (χ0n) is 14.2. The van der Waals surface area contributed by atoms with Crippen molar-refractivity contribution in [2.45, 2.75) is 6.92 Å². The van der Waals surface area contributed by atoms with E-state index in [1.54, 1.807) is 18.3 Å². The largest absolute Gasteiger partial charge is 0.477 e. The Bertz CT molecular complexity index is 1220. The lowest BCUT2D eigenvalue weighted by atomic mass is 10.0. The summed E-state index contributed by atoms with van der Waals surface area (Å²) in [5.74, 6) is -0.628. The summed E-state index contributed by atoms with van der Waals surface area (Å²) in [4.78, 5) is 32.1. The van der Waals surface area contributed by atoms with Gasteiger partial charge in [-0.25, -0.2) is 9.78 Å². The molecule has 5 nitrogen and oxygen atoms in total. The monoisotopic (exact) mass is 394 g/mol. The van der Waals surface area contributed by atoms with Gasteiger partial charge in [0.25, 0.3) is 5.56 Å². The molecule has 134 valence electrons. The molecule has 0 fully saturated rings. The molecule has 0 bridgehead atoms. The number of H-pyrrole nitrogens is 1. The fourth-order valence-electron chi connectivity index (χ4n) is 2.91. The molecule has 0 atom stereocenters. The van der Waals surface area contributed by atoms with Crippen LogP contribution in [0.4, 0.5) is 0 Å². The van der Waals surface area contributed by atoms with Gasteiger partial charge in [0, 0.05) is 5.57 Å². The number of fused-ring (bicyclic) bond motifs is 1. The number of hydrogen-bond donors (Lipinski definition) is 2. The predicted molar refractivity (Wildman–Crippen MR) is 110 cm³/mol. The molecule has 2 N–H and O–H groups in total. The summed E-state index contributed by atoms with van der Waals surface area (Å²) in [6.07, 6.45) is 1.97. The number of nitrogens with zero attached hydrogens (tertiary/aromatic N) is 1. The van der Waals surface area contributed by atoms with Crippen molar-refractivity contribution < 1.29 is 9.90 Å². The third-order valence-electron chi connectivity index (χ3n) is 4.19. The molecular weight excluding hydrogens is 380 g/mol. The molecule has 0 spiro atoms. The Labute approximate surface area is 162 Å². The van der Waals surface area contributed by atoms with E-state index in [4.69, 9.17) is 0 Å². The van der Waals surface area contributed by atoms with Crippen molar-refractivity contribution in [3.8, 4) is 0 Å². The highest BCUT2D eigenvalue weighted by Gasteiger charge is 2.19. The standard InChI is InChI=1S/C20H14N2O3S2/c1-11-15-18(23)21-17(22-19(15)27-16(11)20(24)25)14(9-12-7-8-26-10-12)13-5-3-2-4-6-13/h2-10H,1H3,(H,24,25)(H,21,22,23)/b14-9+. The van der Waals surface area contributed by atoms with E-state index in [9.17, 15) is 14.7 Å². The number of carboxylic acids is 1. The number of hydrogen-bond acceptors (Lipinski definition) is 5. The number of aryl methyl sites for hydroxylation is 1. The molecule has 4 aromatic rings. The van der Waals surface area contributed by atoms with Gasteiger partial charge in [-0.05, 0) is 46.5 Å². The Morgan fingerprint density at radius 2 is 2.00 bits per heavy atom. The fourth-order valence-corrected chi connectivity index (χ4v) is 4.54. The SMILES string of the molecule is Cc1c(C(=O)O)sc2nc(/C(=C/c3ccsc3)c3ccccc3)[nH]c(=O)c12. The summed E-state index contributed by atoms with van der Waals surface area (Å²) in [6.45, 7) is 1.64. The fraction of sp³-hybridized carbons (Fsp3) is 0.0500. The average Bonchev–Trinajstić information content (AvgIpc) is 3.28. The number of aromatic amines is 1. The molecule has 0 aliphatic heterocycles. The summed E-state index contributed by atoms with van der Waals surface area (Å²) in [6, 6.07) is 11.7. The summed E-state index contributed by atoms with van der Waals surface area (Å²) in [7, 11) is 0. The van der Waals surface area contributed by atoms with Crippen LogP contribution in [-0.4, -0.2) is 21.0 Å². The Morgan fingerprint density at radius 3 is 2.67 bits per heavy atom. The van der Waals surface area contributed by atoms with Crippen molar-refractivity contribution in [1.82, 2.24) is 9.97 Å². The first-order chi connectivity index (χ1) is 13.0. The average molecular weight is 394 g/mol. The van der Waals surface area contributed by atoms with Crippen molar-refractivity contribution in [3.63, 3.8) is 0 Å². The van der Waals surface area contributed by atoms with Crippen molar-refractivity contribution >= 4 is 50.5 Å². The lowest BCUT2D eigenvalue weighted by Gasteiger charge is -2.07. The van der Waals surface area contributed by atoms with E-state index in [2.05, 4.69) is 9.97 Å². The summed E-state index contributed by atoms with van der Waals surface area (Å²) >= 11 is 2.61. The zero-order chi connectivity index (χ0) is 19.0. The number of aromatic carboxylic acids is 1. The van der Waals surface area contributed by atoms with Gasteiger partial charge in [0.2, 0.25) is 0 Å². The zero-order valence-corrected chi connectivity index (χ0v) is 15.9. The van der Waals surface area contributed by atoms with Crippen molar-refractivity contribution in [1.29, 1.82) is 0 Å². The number of aromatic nitrogens is 2. The lowest BCUT2D eigenvalue weighted by Crippen LogP contribution is -2.11. The summed E-state index contributed by atoms with van der Waals surface area (Å²) in [5.41, 5.74) is 2.82. The van der Waals surface area contributed by atoms with Crippen LogP contribution >= 0.6 is 22.7 Å². The van der Waals surface area contributed by atoms with Crippen LogP contribution in [0.5, 0.6) is 0 Å². The number of carbonyl (C=O) groups is 1. The van der Waals surface area contributed by atoms with Gasteiger partial charge >= 0.3 is 5.97 Å². The molecule has 0 aliphatic carbocycles. The van der Waals surface area contributed by atoms with Crippen LogP contribution in [0.1, 0.15) is 32.2 Å². The molecule has 0 aliphatic rings. The maximum absolute atomic E-state index is 12.7. The number of thiophene rings is 2. The van der Waals surface area contributed by atoms with Crippen LogP contribution < -0.4 is 5.56 Å². The maximum Gasteiger partial charge on any atom is 0.346 e. The number of rotatable bonds is 4. The van der Waals surface area contributed by atoms with E-state index in [1.165, 1.54) is 0 Å². The molecule has 3 aromatic heterocycles. The smallest absolute Gasteiger partial charge is 0.346 e. The number of benzene rings is 1. The minimum atomic E-state index is -1.05. The molecular formula is C20H14N2O3S2. The van der Waals surface area contributed by atoms with E-state index in [1.807, 2.05) is 53.2 Å². The van der Waals surface area contributed by atoms with Gasteiger partial charge in [-0.1, -0.05) is 30.3 Å². The summed E-state index contributed by atoms with van der Waals surface area (Å²) in [5, 5.41) is 13.7. The van der Waals surface area contributed by atoms with E-state index in [0.29, 0.717) is 21.6 Å². The number of carboxylic acid groups (broad SMARTS) is 1. The highest BCUT2D eigenvalue weighted by atomic mass is 32.1. The van der Waals surface area contributed by atoms with Crippen LogP contribution in [0.25, 0.3) is 21.9 Å². The molecule has 0 amide bonds. The van der Waals surface area contributed by atoms with Gasteiger partial charge in [-0.3, -0.25) is 4.79 Å². The van der Waals surface area contributed by atoms with E-state index in [0.717, 1.165) is 28.0 Å². The van der Waals surface area contributed by atoms with Crippen molar-refractivity contribution in [2.75, 3.05) is 0 Å². The highest BCUT2D eigenvalue weighted by Crippen LogP contribution is 2.30. The first-order valence-corrected chi connectivity index (χ1v) is 9.87. The predicted octanol–water partition coefficient (Wildman–Crippen LogP) is 4.64. The quantitative estimate of drug-likeness (QED) is 0.528. The summed E-state index contributed by atoms with van der Waals surface area (Å²) < 4.78 is 0. The Morgan fingerprint density at radius 1 is 1.22 bits per heavy atom. The molecule has 7 heteroatoms. The van der Waals surface area contributed by atoms with Crippen LogP contribution in [0.3, 0.4) is 0 Å². The van der Waals surface area contributed by atoms with Crippen LogP contribution in [0, 0.1) is 6.92 Å². The molecule has 0 unspecified atom stereocenters. The third kappa shape index (κ3) is 3.22. The van der Waals surface area contributed by atoms with E-state index in [-0.39, 0.29) is 10.4 Å². The van der Waals surface area contributed by atoms with Gasteiger partial charge in [-0.2, -0.15) is 11.3 Å². The molecule has 0 saturated carbocycles.